The quantitative estimate of drug-likeness (QED) is 0.136. The summed E-state index contributed by atoms with van der Waals surface area (Å²) in [7, 11) is 0. The summed E-state index contributed by atoms with van der Waals surface area (Å²) in [6, 6.07) is 0.573. The Labute approximate surface area is 257 Å². The van der Waals surface area contributed by atoms with Crippen LogP contribution in [0.25, 0.3) is 0 Å². The van der Waals surface area contributed by atoms with Crippen LogP contribution in [-0.2, 0) is 4.79 Å². The lowest BCUT2D eigenvalue weighted by Crippen LogP contribution is -2.37. The molecule has 3 heteroatoms. The normalized spacial score (nSPS) is 20.1. The average Bonchev–Trinajstić information content (AvgIpc) is 2.87. The first kappa shape index (κ1) is 37.5. The third-order valence-electron chi connectivity index (χ3n) is 8.49. The third-order valence-corrected chi connectivity index (χ3v) is 8.49. The lowest BCUT2D eigenvalue weighted by Gasteiger charge is -2.26. The number of amides is 1. The standard InChI is InChI=1S/C20H41NO.C17H37N/c1-8-16(5)12-18(7)14-19(21-20(22)9-2)13-17(6)11-10-15(3)4;1-7-14(4)10-16(6)12-17(18)11-15(5)9-8-13(2)3/h15-19H,8-14H2,1-7H3,(H,21,22);13-17H,7-12,18H2,1-6H3/i10T;8T. The molecule has 0 radical (unpaired) electrons. The molecule has 0 aromatic carbocycles. The second-order valence-corrected chi connectivity index (χ2v) is 14.7. The minimum atomic E-state index is 0.00469. The van der Waals surface area contributed by atoms with Crippen molar-refractivity contribution in [2.75, 3.05) is 0 Å². The molecule has 0 aliphatic carbocycles. The van der Waals surface area contributed by atoms with Crippen molar-refractivity contribution in [1.29, 1.82) is 0 Å². The molecule has 0 heterocycles. The fraction of sp³-hybridized carbons (Fsp3) is 0.973. The number of nitrogens with one attached hydrogen (secondary N) is 1. The Bertz CT molecular complexity index is 643. The summed E-state index contributed by atoms with van der Waals surface area (Å²) in [6.07, 6.45) is 11.8. The van der Waals surface area contributed by atoms with Gasteiger partial charge in [0.15, 0.2) is 0 Å². The summed E-state index contributed by atoms with van der Waals surface area (Å²) in [4.78, 5) is 11.8. The lowest BCUT2D eigenvalue weighted by atomic mass is 9.86. The maximum atomic E-state index is 11.8. The average molecular weight is 571 g/mol. The van der Waals surface area contributed by atoms with Crippen LogP contribution >= 0.6 is 0 Å². The van der Waals surface area contributed by atoms with Crippen LogP contribution in [-0.4, -0.2) is 18.0 Å². The van der Waals surface area contributed by atoms with E-state index in [2.05, 4.69) is 88.4 Å². The van der Waals surface area contributed by atoms with E-state index in [9.17, 15) is 4.79 Å². The van der Waals surface area contributed by atoms with Gasteiger partial charge in [-0.2, -0.15) is 0 Å². The largest absolute Gasteiger partial charge is 0.353 e. The van der Waals surface area contributed by atoms with Crippen LogP contribution in [0.5, 0.6) is 0 Å². The monoisotopic (exact) mass is 571 g/mol. The van der Waals surface area contributed by atoms with Gasteiger partial charge < -0.3 is 11.1 Å². The molecule has 0 rings (SSSR count). The van der Waals surface area contributed by atoms with Crippen molar-refractivity contribution < 1.29 is 7.54 Å². The van der Waals surface area contributed by atoms with Crippen LogP contribution in [0, 0.1) is 47.3 Å². The number of nitrogens with two attached hydrogens (primary N) is 1. The Morgan fingerprint density at radius 3 is 1.38 bits per heavy atom. The van der Waals surface area contributed by atoms with E-state index >= 15 is 0 Å². The molecular formula is C37H78N2O. The Kier molecular flexibility index (Phi) is 23.4. The molecule has 0 saturated carbocycles. The minimum Gasteiger partial charge on any atom is -0.353 e. The van der Waals surface area contributed by atoms with Crippen LogP contribution in [0.15, 0.2) is 0 Å². The van der Waals surface area contributed by atoms with Gasteiger partial charge in [-0.1, -0.05) is 128 Å². The summed E-state index contributed by atoms with van der Waals surface area (Å²) in [5.74, 6) is 5.03. The molecule has 0 aromatic heterocycles. The van der Waals surface area contributed by atoms with E-state index in [1.165, 1.54) is 25.7 Å². The molecule has 0 spiro atoms. The molecule has 10 unspecified atom stereocenters. The molecule has 0 bridgehead atoms. The van der Waals surface area contributed by atoms with E-state index in [1.807, 2.05) is 6.92 Å². The van der Waals surface area contributed by atoms with Gasteiger partial charge in [-0.05, 0) is 85.9 Å². The molecule has 40 heavy (non-hydrogen) atoms. The fourth-order valence-electron chi connectivity index (χ4n) is 5.75. The molecule has 0 aliphatic rings. The first-order valence-corrected chi connectivity index (χ1v) is 17.3. The maximum absolute atomic E-state index is 11.8. The van der Waals surface area contributed by atoms with Gasteiger partial charge in [-0.25, -0.2) is 0 Å². The zero-order chi connectivity index (χ0) is 33.0. The Hall–Kier alpha value is -0.570. The highest BCUT2D eigenvalue weighted by molar-refractivity contribution is 5.75. The summed E-state index contributed by atoms with van der Waals surface area (Å²) in [5, 5.41) is 3.22. The van der Waals surface area contributed by atoms with E-state index in [4.69, 9.17) is 8.48 Å². The molecule has 3 nitrogen and oxygen atoms in total. The topological polar surface area (TPSA) is 55.1 Å². The molecule has 0 aromatic rings. The second kappa shape index (κ2) is 25.0. The highest BCUT2D eigenvalue weighted by atomic mass is 16.1. The third kappa shape index (κ3) is 26.3. The minimum absolute atomic E-state index is 0.00469. The summed E-state index contributed by atoms with van der Waals surface area (Å²) >= 11 is 0. The number of hydrogen-bond donors (Lipinski definition) is 2. The molecule has 1 amide bonds. The fourth-order valence-corrected chi connectivity index (χ4v) is 5.75. The maximum Gasteiger partial charge on any atom is 0.219 e. The summed E-state index contributed by atoms with van der Waals surface area (Å²) in [6.45, 7) is 28.7. The van der Waals surface area contributed by atoms with Crippen LogP contribution in [0.4, 0.5) is 0 Å². The molecule has 0 fully saturated rings. The lowest BCUT2D eigenvalue weighted by molar-refractivity contribution is -0.121. The molecular weight excluding hydrogens is 488 g/mol. The zero-order valence-electron chi connectivity index (χ0n) is 31.7. The second-order valence-electron chi connectivity index (χ2n) is 14.7. The van der Waals surface area contributed by atoms with E-state index in [-0.39, 0.29) is 24.7 Å². The zero-order valence-corrected chi connectivity index (χ0v) is 29.7. The smallest absolute Gasteiger partial charge is 0.219 e. The first-order valence-electron chi connectivity index (χ1n) is 18.5. The van der Waals surface area contributed by atoms with Gasteiger partial charge >= 0.3 is 0 Å². The Morgan fingerprint density at radius 2 is 0.975 bits per heavy atom. The van der Waals surface area contributed by atoms with Gasteiger partial charge in [0.1, 0.15) is 0 Å². The SMILES string of the molecule is [3H]C(CC(C)CC(CC(C)CC(C)CC)NC(=O)CC)C(C)C.[3H]C(CC(C)CC(N)CC(C)CC(C)CC)C(C)C. The van der Waals surface area contributed by atoms with Gasteiger partial charge in [-0.3, -0.25) is 4.79 Å². The number of rotatable bonds is 22. The van der Waals surface area contributed by atoms with Crippen LogP contribution in [0.1, 0.15) is 176 Å². The van der Waals surface area contributed by atoms with E-state index in [0.717, 1.165) is 56.3 Å². The van der Waals surface area contributed by atoms with E-state index < -0.39 is 0 Å². The first-order chi connectivity index (χ1) is 19.4. The number of carbonyl (C=O) groups excluding carboxylic acids is 1. The van der Waals surface area contributed by atoms with Crippen molar-refractivity contribution in [3.63, 3.8) is 0 Å². The molecule has 10 atom stereocenters. The van der Waals surface area contributed by atoms with Gasteiger partial charge in [-0.15, -0.1) is 0 Å². The van der Waals surface area contributed by atoms with Crippen LogP contribution in [0.2, 0.25) is 0 Å². The van der Waals surface area contributed by atoms with E-state index in [1.54, 1.807) is 0 Å². The molecule has 0 saturated heterocycles. The van der Waals surface area contributed by atoms with Gasteiger partial charge in [0, 0.05) is 21.2 Å². The number of hydrogen-bond acceptors (Lipinski definition) is 2. The summed E-state index contributed by atoms with van der Waals surface area (Å²) in [5.41, 5.74) is 6.28. The molecule has 242 valence electrons. The predicted octanol–water partition coefficient (Wildman–Crippen LogP) is 11.0. The van der Waals surface area contributed by atoms with Gasteiger partial charge in [0.2, 0.25) is 5.91 Å². The Balaban J connectivity index is 0. The van der Waals surface area contributed by atoms with Crippen molar-refractivity contribution in [2.45, 2.75) is 186 Å². The van der Waals surface area contributed by atoms with Crippen molar-refractivity contribution in [3.05, 3.63) is 0 Å². The predicted molar refractivity (Wildman–Crippen MR) is 182 cm³/mol. The van der Waals surface area contributed by atoms with Crippen LogP contribution < -0.4 is 11.1 Å². The summed E-state index contributed by atoms with van der Waals surface area (Å²) < 4.78 is 16.2. The Morgan fingerprint density at radius 1 is 0.600 bits per heavy atom. The van der Waals surface area contributed by atoms with Crippen molar-refractivity contribution >= 4 is 5.91 Å². The van der Waals surface area contributed by atoms with E-state index in [0.29, 0.717) is 42.1 Å². The van der Waals surface area contributed by atoms with Gasteiger partial charge in [0.25, 0.3) is 0 Å². The van der Waals surface area contributed by atoms with Crippen LogP contribution in [0.3, 0.4) is 0 Å². The molecule has 0 aliphatic heterocycles. The van der Waals surface area contributed by atoms with Gasteiger partial charge in [0.05, 0.1) is 0 Å². The number of carbonyl (C=O) groups is 1. The van der Waals surface area contributed by atoms with Crippen molar-refractivity contribution in [2.24, 2.45) is 53.1 Å². The highest BCUT2D eigenvalue weighted by Crippen LogP contribution is 2.25. The molecule has 3 N–H and O–H groups in total. The van der Waals surface area contributed by atoms with Crippen molar-refractivity contribution in [1.82, 2.24) is 5.32 Å². The highest BCUT2D eigenvalue weighted by Gasteiger charge is 2.19. The van der Waals surface area contributed by atoms with Crippen molar-refractivity contribution in [3.8, 4) is 0 Å².